The van der Waals surface area contributed by atoms with Crippen molar-refractivity contribution >= 4 is 0 Å². The van der Waals surface area contributed by atoms with Gasteiger partial charge in [0.05, 0.1) is 12.7 Å². The normalized spacial score (nSPS) is 27.0. The lowest BCUT2D eigenvalue weighted by Crippen LogP contribution is -2.09. The maximum absolute atomic E-state index is 8.43. The molecule has 1 aliphatic rings. The van der Waals surface area contributed by atoms with E-state index in [-0.39, 0.29) is 12.7 Å². The Morgan fingerprint density at radius 1 is 1.56 bits per heavy atom. The molecule has 1 atom stereocenters. The fourth-order valence-electron chi connectivity index (χ4n) is 0.858. The molecule has 0 saturated carbocycles. The van der Waals surface area contributed by atoms with Crippen LogP contribution < -0.4 is 0 Å². The van der Waals surface area contributed by atoms with Crippen LogP contribution in [-0.4, -0.2) is 31.2 Å². The molecular weight excluding hydrogens is 120 g/mol. The van der Waals surface area contributed by atoms with Crippen molar-refractivity contribution in [3.05, 3.63) is 0 Å². The average molecular weight is 132 g/mol. The second-order valence-electron chi connectivity index (χ2n) is 2.14. The lowest BCUT2D eigenvalue weighted by Gasteiger charge is -2.03. The predicted octanol–water partition coefficient (Wildman–Crippen LogP) is 0.132. The van der Waals surface area contributed by atoms with Crippen molar-refractivity contribution in [3.63, 3.8) is 0 Å². The standard InChI is InChI=1S/C6H12O3/c7-3-1-2-6-4-8-5-9-6/h6-7H,1-5H2. The monoisotopic (exact) mass is 132 g/mol. The molecule has 0 aromatic carbocycles. The molecule has 0 radical (unpaired) electrons. The predicted molar refractivity (Wildman–Crippen MR) is 32.0 cm³/mol. The zero-order valence-electron chi connectivity index (χ0n) is 5.38. The minimum atomic E-state index is 0.233. The molecule has 54 valence electrons. The number of ether oxygens (including phenoxy) is 2. The largest absolute Gasteiger partial charge is 0.396 e. The van der Waals surface area contributed by atoms with Crippen LogP contribution in [0.25, 0.3) is 0 Å². The van der Waals surface area contributed by atoms with Gasteiger partial charge < -0.3 is 14.6 Å². The molecule has 0 spiro atoms. The molecular formula is C6H12O3. The molecule has 0 bridgehead atoms. The zero-order valence-corrected chi connectivity index (χ0v) is 5.38. The third-order valence-corrected chi connectivity index (χ3v) is 1.38. The first-order valence-corrected chi connectivity index (χ1v) is 3.23. The Morgan fingerprint density at radius 3 is 3.00 bits per heavy atom. The summed E-state index contributed by atoms with van der Waals surface area (Å²) in [5.41, 5.74) is 0. The van der Waals surface area contributed by atoms with Crippen LogP contribution in [0.4, 0.5) is 0 Å². The van der Waals surface area contributed by atoms with E-state index < -0.39 is 0 Å². The van der Waals surface area contributed by atoms with Crippen molar-refractivity contribution in [3.8, 4) is 0 Å². The number of hydrogen-bond donors (Lipinski definition) is 1. The third kappa shape index (κ3) is 2.30. The summed E-state index contributed by atoms with van der Waals surface area (Å²) in [5.74, 6) is 0. The van der Waals surface area contributed by atoms with Crippen LogP contribution >= 0.6 is 0 Å². The highest BCUT2D eigenvalue weighted by Crippen LogP contribution is 2.08. The van der Waals surface area contributed by atoms with E-state index >= 15 is 0 Å². The van der Waals surface area contributed by atoms with Gasteiger partial charge in [0.2, 0.25) is 0 Å². The summed E-state index contributed by atoms with van der Waals surface area (Å²) >= 11 is 0. The number of aliphatic hydroxyl groups is 1. The van der Waals surface area contributed by atoms with Gasteiger partial charge in [0.1, 0.15) is 6.79 Å². The summed E-state index contributed by atoms with van der Waals surface area (Å²) in [5, 5.41) is 8.43. The van der Waals surface area contributed by atoms with Gasteiger partial charge in [-0.15, -0.1) is 0 Å². The molecule has 1 aliphatic heterocycles. The Kier molecular flexibility index (Phi) is 2.97. The van der Waals surface area contributed by atoms with E-state index in [2.05, 4.69) is 0 Å². The molecule has 0 amide bonds. The lowest BCUT2D eigenvalue weighted by molar-refractivity contribution is 0.0428. The first-order chi connectivity index (χ1) is 4.43. The summed E-state index contributed by atoms with van der Waals surface area (Å²) < 4.78 is 10.1. The van der Waals surface area contributed by atoms with Crippen LogP contribution in [0.3, 0.4) is 0 Å². The van der Waals surface area contributed by atoms with Crippen molar-refractivity contribution in [2.24, 2.45) is 0 Å². The SMILES string of the molecule is OCCCC1COCO1. The van der Waals surface area contributed by atoms with Crippen molar-refractivity contribution in [1.29, 1.82) is 0 Å². The smallest absolute Gasteiger partial charge is 0.147 e. The van der Waals surface area contributed by atoms with Gasteiger partial charge >= 0.3 is 0 Å². The summed E-state index contributed by atoms with van der Waals surface area (Å²) in [6.45, 7) is 1.37. The Morgan fingerprint density at radius 2 is 2.44 bits per heavy atom. The molecule has 1 fully saturated rings. The van der Waals surface area contributed by atoms with E-state index in [0.29, 0.717) is 13.4 Å². The van der Waals surface area contributed by atoms with Crippen LogP contribution in [-0.2, 0) is 9.47 Å². The molecule has 1 heterocycles. The number of hydrogen-bond acceptors (Lipinski definition) is 3. The van der Waals surface area contributed by atoms with Crippen molar-refractivity contribution in [2.45, 2.75) is 18.9 Å². The van der Waals surface area contributed by atoms with Crippen LogP contribution in [0.5, 0.6) is 0 Å². The molecule has 0 aliphatic carbocycles. The number of aliphatic hydroxyl groups excluding tert-OH is 1. The van der Waals surface area contributed by atoms with Crippen molar-refractivity contribution in [1.82, 2.24) is 0 Å². The molecule has 1 saturated heterocycles. The molecule has 0 aromatic heterocycles. The van der Waals surface area contributed by atoms with Gasteiger partial charge in [-0.25, -0.2) is 0 Å². The molecule has 3 heteroatoms. The maximum atomic E-state index is 8.43. The highest BCUT2D eigenvalue weighted by Gasteiger charge is 2.14. The van der Waals surface area contributed by atoms with E-state index in [1.54, 1.807) is 0 Å². The second-order valence-corrected chi connectivity index (χ2v) is 2.14. The molecule has 1 N–H and O–H groups in total. The van der Waals surface area contributed by atoms with Crippen LogP contribution in [0.1, 0.15) is 12.8 Å². The van der Waals surface area contributed by atoms with Gasteiger partial charge in [-0.1, -0.05) is 0 Å². The summed E-state index contributed by atoms with van der Waals surface area (Å²) in [4.78, 5) is 0. The van der Waals surface area contributed by atoms with Crippen molar-refractivity contribution < 1.29 is 14.6 Å². The summed E-state index contributed by atoms with van der Waals surface area (Å²) in [7, 11) is 0. The minimum Gasteiger partial charge on any atom is -0.396 e. The highest BCUT2D eigenvalue weighted by molar-refractivity contribution is 4.58. The molecule has 9 heavy (non-hydrogen) atoms. The molecule has 0 aromatic rings. The van der Waals surface area contributed by atoms with Crippen molar-refractivity contribution in [2.75, 3.05) is 20.0 Å². The van der Waals surface area contributed by atoms with Gasteiger partial charge in [0, 0.05) is 6.61 Å². The van der Waals surface area contributed by atoms with E-state index in [1.165, 1.54) is 0 Å². The van der Waals surface area contributed by atoms with Gasteiger partial charge in [-0.3, -0.25) is 0 Å². The van der Waals surface area contributed by atoms with Gasteiger partial charge in [-0.05, 0) is 12.8 Å². The fraction of sp³-hybridized carbons (Fsp3) is 1.00. The lowest BCUT2D eigenvalue weighted by atomic mass is 10.2. The Hall–Kier alpha value is -0.120. The average Bonchev–Trinajstić information content (AvgIpc) is 2.34. The van der Waals surface area contributed by atoms with E-state index in [4.69, 9.17) is 14.6 Å². The van der Waals surface area contributed by atoms with Crippen LogP contribution in [0.2, 0.25) is 0 Å². The first-order valence-electron chi connectivity index (χ1n) is 3.23. The Labute approximate surface area is 54.6 Å². The number of rotatable bonds is 3. The molecule has 1 rings (SSSR count). The van der Waals surface area contributed by atoms with Gasteiger partial charge in [0.15, 0.2) is 0 Å². The zero-order chi connectivity index (χ0) is 6.53. The minimum absolute atomic E-state index is 0.233. The topological polar surface area (TPSA) is 38.7 Å². The summed E-state index contributed by atoms with van der Waals surface area (Å²) in [6.07, 6.45) is 1.96. The Balaban J connectivity index is 1.98. The van der Waals surface area contributed by atoms with Gasteiger partial charge in [-0.2, -0.15) is 0 Å². The third-order valence-electron chi connectivity index (χ3n) is 1.38. The molecule has 3 nitrogen and oxygen atoms in total. The van der Waals surface area contributed by atoms with Crippen LogP contribution in [0, 0.1) is 0 Å². The quantitative estimate of drug-likeness (QED) is 0.593. The van der Waals surface area contributed by atoms with E-state index in [0.717, 1.165) is 12.8 Å². The van der Waals surface area contributed by atoms with Crippen LogP contribution in [0.15, 0.2) is 0 Å². The second kappa shape index (κ2) is 3.82. The fourth-order valence-corrected chi connectivity index (χ4v) is 0.858. The van der Waals surface area contributed by atoms with E-state index in [1.807, 2.05) is 0 Å². The van der Waals surface area contributed by atoms with E-state index in [9.17, 15) is 0 Å². The highest BCUT2D eigenvalue weighted by atomic mass is 16.7. The Bertz CT molecular complexity index is 68.7. The molecule has 1 unspecified atom stereocenters. The maximum Gasteiger partial charge on any atom is 0.147 e. The first kappa shape index (κ1) is 6.99. The summed E-state index contributed by atoms with van der Waals surface area (Å²) in [6, 6.07) is 0. The van der Waals surface area contributed by atoms with Gasteiger partial charge in [0.25, 0.3) is 0 Å².